The Morgan fingerprint density at radius 2 is 2.25 bits per heavy atom. The molecule has 0 saturated heterocycles. The summed E-state index contributed by atoms with van der Waals surface area (Å²) in [6.07, 6.45) is 0. The number of nitrogens with one attached hydrogen (secondary N) is 1. The van der Waals surface area contributed by atoms with Crippen molar-refractivity contribution in [2.75, 3.05) is 0 Å². The second kappa shape index (κ2) is 2.42. The van der Waals surface area contributed by atoms with Crippen molar-refractivity contribution in [2.24, 2.45) is 0 Å². The van der Waals surface area contributed by atoms with Crippen molar-refractivity contribution in [3.05, 3.63) is 33.2 Å². The highest BCUT2D eigenvalue weighted by Crippen LogP contribution is 2.21. The van der Waals surface area contributed by atoms with Crippen molar-refractivity contribution in [3.8, 4) is 0 Å². The molecule has 2 rings (SSSR count). The van der Waals surface area contributed by atoms with Crippen molar-refractivity contribution in [2.45, 2.75) is 6.92 Å². The lowest BCUT2D eigenvalue weighted by molar-refractivity contribution is 0.641. The van der Waals surface area contributed by atoms with Crippen molar-refractivity contribution in [3.63, 3.8) is 0 Å². The van der Waals surface area contributed by atoms with Crippen LogP contribution in [0, 0.1) is 12.7 Å². The lowest BCUT2D eigenvalue weighted by Crippen LogP contribution is -1.90. The largest absolute Gasteiger partial charge is 0.312 e. The monoisotopic (exact) mass is 183 g/mol. The first kappa shape index (κ1) is 7.49. The lowest BCUT2D eigenvalue weighted by atomic mass is 10.2. The van der Waals surface area contributed by atoms with Gasteiger partial charge in [0.25, 0.3) is 0 Å². The number of hydrogen-bond acceptors (Lipinski definition) is 2. The summed E-state index contributed by atoms with van der Waals surface area (Å²) < 4.78 is 13.4. The highest BCUT2D eigenvalue weighted by Gasteiger charge is 2.06. The number of aryl methyl sites for hydroxylation is 1. The molecule has 2 aromatic rings. The minimum atomic E-state index is -0.334. The summed E-state index contributed by atoms with van der Waals surface area (Å²) >= 11 is 0.907. The number of fused-ring (bicyclic) bond motifs is 1. The molecule has 4 heteroatoms. The van der Waals surface area contributed by atoms with Gasteiger partial charge in [-0.05, 0) is 18.6 Å². The quantitative estimate of drug-likeness (QED) is 0.666. The van der Waals surface area contributed by atoms with E-state index < -0.39 is 0 Å². The smallest absolute Gasteiger partial charge is 0.305 e. The third-order valence-corrected chi connectivity index (χ3v) is 2.63. The zero-order valence-corrected chi connectivity index (χ0v) is 7.17. The van der Waals surface area contributed by atoms with Crippen LogP contribution in [0.25, 0.3) is 10.2 Å². The van der Waals surface area contributed by atoms with E-state index >= 15 is 0 Å². The molecule has 0 amide bonds. The van der Waals surface area contributed by atoms with E-state index in [0.29, 0.717) is 10.2 Å². The highest BCUT2D eigenvalue weighted by molar-refractivity contribution is 7.16. The molecule has 0 saturated carbocycles. The summed E-state index contributed by atoms with van der Waals surface area (Å²) in [6.45, 7) is 1.84. The number of hydrogen-bond donors (Lipinski definition) is 1. The third-order valence-electron chi connectivity index (χ3n) is 1.74. The third kappa shape index (κ3) is 0.956. The zero-order chi connectivity index (χ0) is 8.72. The van der Waals surface area contributed by atoms with Crippen molar-refractivity contribution in [1.82, 2.24) is 4.98 Å². The van der Waals surface area contributed by atoms with Crippen LogP contribution in [0.4, 0.5) is 4.39 Å². The van der Waals surface area contributed by atoms with Gasteiger partial charge in [0, 0.05) is 0 Å². The Hall–Kier alpha value is -1.16. The van der Waals surface area contributed by atoms with Crippen LogP contribution in [-0.4, -0.2) is 4.98 Å². The first-order valence-corrected chi connectivity index (χ1v) is 4.28. The molecule has 0 aliphatic heterocycles. The van der Waals surface area contributed by atoms with Gasteiger partial charge >= 0.3 is 4.87 Å². The second-order valence-electron chi connectivity index (χ2n) is 2.58. The molecule has 1 heterocycles. The number of benzene rings is 1. The molecular formula is C8H6FNOS. The first-order chi connectivity index (χ1) is 5.68. The second-order valence-corrected chi connectivity index (χ2v) is 3.57. The molecule has 0 atom stereocenters. The van der Waals surface area contributed by atoms with Gasteiger partial charge in [0.15, 0.2) is 0 Å². The van der Waals surface area contributed by atoms with Crippen LogP contribution in [0.3, 0.4) is 0 Å². The van der Waals surface area contributed by atoms with Crippen LogP contribution in [-0.2, 0) is 0 Å². The van der Waals surface area contributed by atoms with E-state index in [1.165, 1.54) is 6.07 Å². The summed E-state index contributed by atoms with van der Waals surface area (Å²) in [5.41, 5.74) is 1.51. The zero-order valence-electron chi connectivity index (χ0n) is 6.35. The van der Waals surface area contributed by atoms with E-state index in [9.17, 15) is 9.18 Å². The van der Waals surface area contributed by atoms with Gasteiger partial charge in [-0.3, -0.25) is 4.79 Å². The molecule has 1 aromatic carbocycles. The molecule has 0 spiro atoms. The van der Waals surface area contributed by atoms with Crippen molar-refractivity contribution >= 4 is 21.6 Å². The van der Waals surface area contributed by atoms with Gasteiger partial charge < -0.3 is 4.98 Å². The fraction of sp³-hybridized carbons (Fsp3) is 0.125. The Balaban J connectivity index is 3.03. The van der Waals surface area contributed by atoms with Crippen LogP contribution < -0.4 is 4.87 Å². The summed E-state index contributed by atoms with van der Waals surface area (Å²) in [5.74, 6) is -0.334. The maximum absolute atomic E-state index is 13.0. The normalized spacial score (nSPS) is 10.8. The van der Waals surface area contributed by atoms with Gasteiger partial charge in [0.1, 0.15) is 5.82 Å². The first-order valence-electron chi connectivity index (χ1n) is 3.46. The summed E-state index contributed by atoms with van der Waals surface area (Å²) in [5, 5.41) is 0. The molecule has 0 aliphatic rings. The van der Waals surface area contributed by atoms with Gasteiger partial charge in [-0.1, -0.05) is 17.4 Å². The molecule has 0 bridgehead atoms. The van der Waals surface area contributed by atoms with E-state index in [1.807, 2.05) is 6.92 Å². The average molecular weight is 183 g/mol. The van der Waals surface area contributed by atoms with Crippen LogP contribution in [0.1, 0.15) is 5.56 Å². The molecule has 62 valence electrons. The number of H-pyrrole nitrogens is 1. The maximum Gasteiger partial charge on any atom is 0.305 e. The van der Waals surface area contributed by atoms with Gasteiger partial charge in [-0.25, -0.2) is 4.39 Å². The van der Waals surface area contributed by atoms with E-state index in [1.54, 1.807) is 6.07 Å². The summed E-state index contributed by atoms with van der Waals surface area (Å²) in [7, 11) is 0. The Morgan fingerprint density at radius 3 is 2.92 bits per heavy atom. The van der Waals surface area contributed by atoms with Gasteiger partial charge in [0.05, 0.1) is 10.2 Å². The lowest BCUT2D eigenvalue weighted by Gasteiger charge is -1.94. The number of aromatic amines is 1. The number of aromatic nitrogens is 1. The molecule has 0 aliphatic carbocycles. The van der Waals surface area contributed by atoms with Crippen LogP contribution in [0.5, 0.6) is 0 Å². The fourth-order valence-electron chi connectivity index (χ4n) is 1.13. The Kier molecular flexibility index (Phi) is 1.51. The minimum Gasteiger partial charge on any atom is -0.312 e. The van der Waals surface area contributed by atoms with Crippen LogP contribution in [0.2, 0.25) is 0 Å². The van der Waals surface area contributed by atoms with E-state index in [0.717, 1.165) is 16.9 Å². The molecule has 0 radical (unpaired) electrons. The summed E-state index contributed by atoms with van der Waals surface area (Å²) in [4.78, 5) is 13.3. The van der Waals surface area contributed by atoms with Crippen LogP contribution >= 0.6 is 11.3 Å². The van der Waals surface area contributed by atoms with Crippen molar-refractivity contribution < 1.29 is 4.39 Å². The molecular weight excluding hydrogens is 177 g/mol. The molecule has 0 fully saturated rings. The average Bonchev–Trinajstić information content (AvgIpc) is 2.41. The summed E-state index contributed by atoms with van der Waals surface area (Å²) in [6, 6.07) is 3.03. The molecule has 0 unspecified atom stereocenters. The fourth-order valence-corrected chi connectivity index (χ4v) is 1.95. The van der Waals surface area contributed by atoms with Crippen LogP contribution in [0.15, 0.2) is 16.9 Å². The standard InChI is InChI=1S/C8H6FNOS/c1-4-2-3-5(9)7-6(4)10-8(11)12-7/h2-3H,1H3,(H,10,11). The van der Waals surface area contributed by atoms with Gasteiger partial charge in [-0.15, -0.1) is 0 Å². The van der Waals surface area contributed by atoms with Gasteiger partial charge in [-0.2, -0.15) is 0 Å². The Bertz CT molecular complexity index is 443. The van der Waals surface area contributed by atoms with E-state index in [4.69, 9.17) is 0 Å². The SMILES string of the molecule is Cc1ccc(F)c2sc(=O)[nH]c12. The number of halogens is 1. The Labute approximate surface area is 71.7 Å². The number of thiazole rings is 1. The molecule has 2 nitrogen and oxygen atoms in total. The maximum atomic E-state index is 13.0. The van der Waals surface area contributed by atoms with Gasteiger partial charge in [0.2, 0.25) is 0 Å². The predicted molar refractivity (Wildman–Crippen MR) is 47.1 cm³/mol. The molecule has 1 N–H and O–H groups in total. The highest BCUT2D eigenvalue weighted by atomic mass is 32.1. The predicted octanol–water partition coefficient (Wildman–Crippen LogP) is 2.04. The molecule has 1 aromatic heterocycles. The minimum absolute atomic E-state index is 0.210. The topological polar surface area (TPSA) is 32.9 Å². The van der Waals surface area contributed by atoms with Crippen molar-refractivity contribution in [1.29, 1.82) is 0 Å². The van der Waals surface area contributed by atoms with E-state index in [2.05, 4.69) is 4.98 Å². The Morgan fingerprint density at radius 1 is 1.50 bits per heavy atom. The number of rotatable bonds is 0. The van der Waals surface area contributed by atoms with E-state index in [-0.39, 0.29) is 10.7 Å². The molecule has 12 heavy (non-hydrogen) atoms.